The molecule has 3 rings (SSSR count). The first-order valence-corrected chi connectivity index (χ1v) is 6.81. The quantitative estimate of drug-likeness (QED) is 0.743. The number of Topliss-reactive ketones (excluding diaryl/α,β-unsaturated/α-hetero) is 1. The zero-order valence-corrected chi connectivity index (χ0v) is 11.4. The van der Waals surface area contributed by atoms with E-state index in [1.54, 1.807) is 0 Å². The smallest absolute Gasteiger partial charge is 0.143 e. The third-order valence-corrected chi connectivity index (χ3v) is 4.20. The first-order valence-electron chi connectivity index (χ1n) is 6.81. The van der Waals surface area contributed by atoms with Crippen LogP contribution >= 0.6 is 0 Å². The molecule has 2 aromatic rings. The molecular formula is C18H18O. The van der Waals surface area contributed by atoms with Crippen molar-refractivity contribution in [2.75, 3.05) is 0 Å². The van der Waals surface area contributed by atoms with Crippen LogP contribution in [0.4, 0.5) is 0 Å². The van der Waals surface area contributed by atoms with Crippen LogP contribution in [0.3, 0.4) is 0 Å². The van der Waals surface area contributed by atoms with Gasteiger partial charge in [-0.1, -0.05) is 48.5 Å². The van der Waals surface area contributed by atoms with Crippen molar-refractivity contribution < 1.29 is 4.79 Å². The Kier molecular flexibility index (Phi) is 2.78. The Labute approximate surface area is 114 Å². The Balaban J connectivity index is 2.09. The van der Waals surface area contributed by atoms with Crippen LogP contribution < -0.4 is 0 Å². The van der Waals surface area contributed by atoms with E-state index in [2.05, 4.69) is 42.5 Å². The second kappa shape index (κ2) is 4.34. The van der Waals surface area contributed by atoms with Crippen molar-refractivity contribution in [2.24, 2.45) is 0 Å². The average Bonchev–Trinajstić information content (AvgIpc) is 2.44. The summed E-state index contributed by atoms with van der Waals surface area (Å²) in [4.78, 5) is 12.0. The highest BCUT2D eigenvalue weighted by Gasteiger charge is 2.34. The molecule has 0 heterocycles. The van der Waals surface area contributed by atoms with Crippen molar-refractivity contribution in [3.63, 3.8) is 0 Å². The molecule has 0 unspecified atom stereocenters. The van der Waals surface area contributed by atoms with Crippen molar-refractivity contribution in [2.45, 2.75) is 32.1 Å². The Morgan fingerprint density at radius 1 is 0.895 bits per heavy atom. The summed E-state index contributed by atoms with van der Waals surface area (Å²) in [6, 6.07) is 16.9. The van der Waals surface area contributed by atoms with Crippen molar-refractivity contribution in [3.8, 4) is 11.1 Å². The van der Waals surface area contributed by atoms with Crippen molar-refractivity contribution in [1.29, 1.82) is 0 Å². The topological polar surface area (TPSA) is 17.1 Å². The monoisotopic (exact) mass is 250 g/mol. The predicted molar refractivity (Wildman–Crippen MR) is 78.2 cm³/mol. The number of fused-ring (bicyclic) bond motifs is 1. The molecule has 1 nitrogen and oxygen atoms in total. The maximum Gasteiger partial charge on any atom is 0.143 e. The molecule has 0 aliphatic heterocycles. The SMILES string of the molecule is CC1(C)C(=O)CCc2cc(-c3ccccc3)ccc21. The summed E-state index contributed by atoms with van der Waals surface area (Å²) in [5.41, 5.74) is 4.67. The van der Waals surface area contributed by atoms with Crippen LogP contribution in [-0.2, 0) is 16.6 Å². The largest absolute Gasteiger partial charge is 0.299 e. The third-order valence-electron chi connectivity index (χ3n) is 4.20. The molecule has 19 heavy (non-hydrogen) atoms. The van der Waals surface area contributed by atoms with Gasteiger partial charge in [0.25, 0.3) is 0 Å². The molecule has 1 heteroatoms. The predicted octanol–water partition coefficient (Wildman–Crippen LogP) is 4.15. The molecule has 1 aliphatic rings. The molecule has 0 aromatic heterocycles. The van der Waals surface area contributed by atoms with Crippen LogP contribution in [-0.4, -0.2) is 5.78 Å². The molecule has 0 bridgehead atoms. The van der Waals surface area contributed by atoms with E-state index in [9.17, 15) is 4.79 Å². The molecule has 2 aromatic carbocycles. The van der Waals surface area contributed by atoms with E-state index in [1.807, 2.05) is 19.9 Å². The fourth-order valence-electron chi connectivity index (χ4n) is 2.93. The zero-order valence-electron chi connectivity index (χ0n) is 11.4. The Hall–Kier alpha value is -1.89. The number of aryl methyl sites for hydroxylation is 1. The zero-order chi connectivity index (χ0) is 13.5. The molecule has 0 fully saturated rings. The number of rotatable bonds is 1. The van der Waals surface area contributed by atoms with Gasteiger partial charge in [-0.3, -0.25) is 4.79 Å². The van der Waals surface area contributed by atoms with E-state index >= 15 is 0 Å². The maximum absolute atomic E-state index is 12.0. The molecule has 1 aliphatic carbocycles. The van der Waals surface area contributed by atoms with Gasteiger partial charge in [0.2, 0.25) is 0 Å². The van der Waals surface area contributed by atoms with Crippen LogP contribution in [0.25, 0.3) is 11.1 Å². The van der Waals surface area contributed by atoms with E-state index < -0.39 is 0 Å². The summed E-state index contributed by atoms with van der Waals surface area (Å²) in [5, 5.41) is 0. The lowest BCUT2D eigenvalue weighted by Gasteiger charge is -2.31. The lowest BCUT2D eigenvalue weighted by molar-refractivity contribution is -0.124. The fraction of sp³-hybridized carbons (Fsp3) is 0.278. The highest BCUT2D eigenvalue weighted by atomic mass is 16.1. The number of benzene rings is 2. The molecule has 0 atom stereocenters. The van der Waals surface area contributed by atoms with E-state index in [-0.39, 0.29) is 5.41 Å². The van der Waals surface area contributed by atoms with E-state index in [0.29, 0.717) is 12.2 Å². The minimum Gasteiger partial charge on any atom is -0.299 e. The number of carbonyl (C=O) groups is 1. The lowest BCUT2D eigenvalue weighted by atomic mass is 9.71. The van der Waals surface area contributed by atoms with Crippen LogP contribution in [0, 0.1) is 0 Å². The summed E-state index contributed by atoms with van der Waals surface area (Å²) >= 11 is 0. The normalized spacial score (nSPS) is 17.1. The summed E-state index contributed by atoms with van der Waals surface area (Å²) in [5.74, 6) is 0.354. The van der Waals surface area contributed by atoms with E-state index in [0.717, 1.165) is 6.42 Å². The van der Waals surface area contributed by atoms with Gasteiger partial charge < -0.3 is 0 Å². The first-order chi connectivity index (χ1) is 9.09. The molecular weight excluding hydrogens is 232 g/mol. The van der Waals surface area contributed by atoms with Crippen LogP contribution in [0.15, 0.2) is 48.5 Å². The Morgan fingerprint density at radius 2 is 1.63 bits per heavy atom. The molecule has 0 radical (unpaired) electrons. The van der Waals surface area contributed by atoms with Gasteiger partial charge in [0.1, 0.15) is 5.78 Å². The first kappa shape index (κ1) is 12.2. The number of hydrogen-bond acceptors (Lipinski definition) is 1. The Morgan fingerprint density at radius 3 is 2.37 bits per heavy atom. The number of hydrogen-bond donors (Lipinski definition) is 0. The standard InChI is InChI=1S/C18H18O/c1-18(2)16-10-8-14(13-6-4-3-5-7-13)12-15(16)9-11-17(18)19/h3-8,10,12H,9,11H2,1-2H3. The lowest BCUT2D eigenvalue weighted by Crippen LogP contribution is -2.34. The van der Waals surface area contributed by atoms with E-state index in [1.165, 1.54) is 22.3 Å². The second-order valence-electron chi connectivity index (χ2n) is 5.79. The van der Waals surface area contributed by atoms with Gasteiger partial charge in [0.05, 0.1) is 0 Å². The summed E-state index contributed by atoms with van der Waals surface area (Å²) < 4.78 is 0. The van der Waals surface area contributed by atoms with Crippen molar-refractivity contribution in [3.05, 3.63) is 59.7 Å². The Bertz CT molecular complexity index is 623. The van der Waals surface area contributed by atoms with Crippen molar-refractivity contribution in [1.82, 2.24) is 0 Å². The van der Waals surface area contributed by atoms with E-state index in [4.69, 9.17) is 0 Å². The van der Waals surface area contributed by atoms with Gasteiger partial charge in [-0.15, -0.1) is 0 Å². The molecule has 0 N–H and O–H groups in total. The summed E-state index contributed by atoms with van der Waals surface area (Å²) in [6.07, 6.45) is 1.54. The average molecular weight is 250 g/mol. The molecule has 0 amide bonds. The van der Waals surface area contributed by atoms with Crippen molar-refractivity contribution >= 4 is 5.78 Å². The van der Waals surface area contributed by atoms with Gasteiger partial charge in [-0.05, 0) is 42.5 Å². The van der Waals surface area contributed by atoms with Gasteiger partial charge in [-0.2, -0.15) is 0 Å². The number of carbonyl (C=O) groups excluding carboxylic acids is 1. The van der Waals surface area contributed by atoms with Crippen LogP contribution in [0.5, 0.6) is 0 Å². The van der Waals surface area contributed by atoms with Gasteiger partial charge in [-0.25, -0.2) is 0 Å². The second-order valence-corrected chi connectivity index (χ2v) is 5.79. The maximum atomic E-state index is 12.0. The van der Waals surface area contributed by atoms with Crippen LogP contribution in [0.1, 0.15) is 31.4 Å². The molecule has 0 saturated carbocycles. The molecule has 0 saturated heterocycles. The highest BCUT2D eigenvalue weighted by Crippen LogP contribution is 2.36. The summed E-state index contributed by atoms with van der Waals surface area (Å²) in [7, 11) is 0. The minimum atomic E-state index is -0.331. The van der Waals surface area contributed by atoms with Gasteiger partial charge >= 0.3 is 0 Å². The molecule has 96 valence electrons. The fourth-order valence-corrected chi connectivity index (χ4v) is 2.93. The van der Waals surface area contributed by atoms with Gasteiger partial charge in [0, 0.05) is 11.8 Å². The highest BCUT2D eigenvalue weighted by molar-refractivity contribution is 5.91. The van der Waals surface area contributed by atoms with Gasteiger partial charge in [0.15, 0.2) is 0 Å². The minimum absolute atomic E-state index is 0.331. The number of ketones is 1. The van der Waals surface area contributed by atoms with Crippen LogP contribution in [0.2, 0.25) is 0 Å². The summed E-state index contributed by atoms with van der Waals surface area (Å²) in [6.45, 7) is 4.07. The third kappa shape index (κ3) is 1.99. The molecule has 0 spiro atoms.